The van der Waals surface area contributed by atoms with Gasteiger partial charge in [0.05, 0.1) is 18.6 Å². The molecular weight excluding hydrogens is 484 g/mol. The Hall–Kier alpha value is -2.16. The molecule has 0 bridgehead atoms. The maximum atomic E-state index is 14.1. The third kappa shape index (κ3) is 7.07. The van der Waals surface area contributed by atoms with E-state index in [1.54, 1.807) is 0 Å². The van der Waals surface area contributed by atoms with E-state index in [9.17, 15) is 9.59 Å². The van der Waals surface area contributed by atoms with E-state index in [4.69, 9.17) is 18.9 Å². The number of nitrogens with zero attached hydrogens (tertiary/aromatic N) is 2. The van der Waals surface area contributed by atoms with Crippen LogP contribution >= 0.6 is 0 Å². The smallest absolute Gasteiger partial charge is 0.371 e. The van der Waals surface area contributed by atoms with Crippen LogP contribution in [0.25, 0.3) is 0 Å². The molecule has 3 fully saturated rings. The number of likely N-dealkylation sites (tertiary alicyclic amines) is 2. The third-order valence-corrected chi connectivity index (χ3v) is 7.74. The molecule has 0 amide bonds. The molecular formula is C30H46N2O6. The highest BCUT2D eigenvalue weighted by Crippen LogP contribution is 2.38. The Balaban J connectivity index is 1.53. The molecule has 0 aromatic heterocycles. The van der Waals surface area contributed by atoms with Crippen molar-refractivity contribution in [3.05, 3.63) is 30.3 Å². The topological polar surface area (TPSA) is 77.5 Å². The molecule has 0 N–H and O–H groups in total. The molecule has 1 saturated carbocycles. The molecule has 4 rings (SSSR count). The Morgan fingerprint density at radius 1 is 0.842 bits per heavy atom. The number of hydrogen-bond acceptors (Lipinski definition) is 8. The van der Waals surface area contributed by atoms with E-state index in [0.717, 1.165) is 57.4 Å². The van der Waals surface area contributed by atoms with E-state index in [1.807, 2.05) is 58.0 Å². The van der Waals surface area contributed by atoms with Crippen molar-refractivity contribution in [2.75, 3.05) is 32.8 Å². The molecule has 1 aromatic rings. The Labute approximate surface area is 227 Å². The predicted octanol–water partition coefficient (Wildman–Crippen LogP) is 4.76. The number of carbonyl (C=O) groups excluding carboxylic acids is 2. The monoisotopic (exact) mass is 530 g/mol. The van der Waals surface area contributed by atoms with E-state index in [-0.39, 0.29) is 30.1 Å². The van der Waals surface area contributed by atoms with E-state index >= 15 is 0 Å². The Morgan fingerprint density at radius 3 is 2.03 bits per heavy atom. The molecule has 2 saturated heterocycles. The molecule has 8 nitrogen and oxygen atoms in total. The zero-order valence-electron chi connectivity index (χ0n) is 23.7. The Morgan fingerprint density at radius 2 is 1.45 bits per heavy atom. The van der Waals surface area contributed by atoms with Gasteiger partial charge >= 0.3 is 11.9 Å². The van der Waals surface area contributed by atoms with Crippen molar-refractivity contribution in [1.29, 1.82) is 0 Å². The summed E-state index contributed by atoms with van der Waals surface area (Å²) >= 11 is 0. The minimum Gasteiger partial charge on any atom is -0.490 e. The normalized spacial score (nSPS) is 25.5. The van der Waals surface area contributed by atoms with Crippen molar-refractivity contribution in [3.8, 4) is 5.75 Å². The number of piperidine rings is 1. The average Bonchev–Trinajstić information content (AvgIpc) is 3.43. The van der Waals surface area contributed by atoms with Crippen LogP contribution in [0.4, 0.5) is 0 Å². The van der Waals surface area contributed by atoms with Gasteiger partial charge in [-0.2, -0.15) is 0 Å². The van der Waals surface area contributed by atoms with Crippen LogP contribution in [0.15, 0.2) is 30.3 Å². The van der Waals surface area contributed by atoms with Crippen LogP contribution in [-0.4, -0.2) is 78.2 Å². The van der Waals surface area contributed by atoms with Gasteiger partial charge < -0.3 is 18.9 Å². The number of para-hydroxylation sites is 1. The van der Waals surface area contributed by atoms with Crippen LogP contribution in [-0.2, 0) is 23.8 Å². The second-order valence-electron chi connectivity index (χ2n) is 11.8. The lowest BCUT2D eigenvalue weighted by Crippen LogP contribution is -2.70. The number of benzene rings is 1. The summed E-state index contributed by atoms with van der Waals surface area (Å²) in [6, 6.07) is 9.92. The van der Waals surface area contributed by atoms with Crippen LogP contribution in [0.1, 0.15) is 79.1 Å². The van der Waals surface area contributed by atoms with E-state index in [0.29, 0.717) is 32.5 Å². The van der Waals surface area contributed by atoms with Gasteiger partial charge in [0.15, 0.2) is 0 Å². The maximum absolute atomic E-state index is 14.1. The van der Waals surface area contributed by atoms with Gasteiger partial charge in [-0.05, 0) is 91.2 Å². The summed E-state index contributed by atoms with van der Waals surface area (Å²) in [6.45, 7) is 10.9. The van der Waals surface area contributed by atoms with Gasteiger partial charge in [-0.1, -0.05) is 18.2 Å². The van der Waals surface area contributed by atoms with Crippen LogP contribution < -0.4 is 4.74 Å². The molecule has 0 radical (unpaired) electrons. The molecule has 1 aromatic carbocycles. The minimum atomic E-state index is -1.27. The van der Waals surface area contributed by atoms with Gasteiger partial charge in [0, 0.05) is 26.2 Å². The summed E-state index contributed by atoms with van der Waals surface area (Å²) in [7, 11) is 0. The molecule has 0 spiro atoms. The summed E-state index contributed by atoms with van der Waals surface area (Å²) in [5.74, 6) is -0.948. The second kappa shape index (κ2) is 12.8. The second-order valence-corrected chi connectivity index (χ2v) is 11.8. The van der Waals surface area contributed by atoms with E-state index in [1.165, 1.54) is 0 Å². The number of rotatable bonds is 9. The summed E-state index contributed by atoms with van der Waals surface area (Å²) < 4.78 is 24.5. The van der Waals surface area contributed by atoms with Crippen molar-refractivity contribution in [1.82, 2.24) is 9.80 Å². The molecule has 1 atom stereocenters. The largest absolute Gasteiger partial charge is 0.490 e. The first-order valence-corrected chi connectivity index (χ1v) is 14.5. The summed E-state index contributed by atoms with van der Waals surface area (Å²) in [5.41, 5.74) is -0.637. The summed E-state index contributed by atoms with van der Waals surface area (Å²) in [5, 5.41) is 0. The molecule has 38 heavy (non-hydrogen) atoms. The fourth-order valence-electron chi connectivity index (χ4n) is 5.90. The van der Waals surface area contributed by atoms with Gasteiger partial charge in [0.1, 0.15) is 17.5 Å². The van der Waals surface area contributed by atoms with Crippen molar-refractivity contribution < 1.29 is 28.5 Å². The highest BCUT2D eigenvalue weighted by atomic mass is 16.6. The fraction of sp³-hybridized carbons (Fsp3) is 0.733. The maximum Gasteiger partial charge on any atom is 0.371 e. The summed E-state index contributed by atoms with van der Waals surface area (Å²) in [6.07, 6.45) is 6.45. The highest BCUT2D eigenvalue weighted by Gasteiger charge is 2.56. The highest BCUT2D eigenvalue weighted by molar-refractivity contribution is 5.79. The van der Waals surface area contributed by atoms with Crippen molar-refractivity contribution >= 4 is 11.9 Å². The van der Waals surface area contributed by atoms with Crippen molar-refractivity contribution in [3.63, 3.8) is 0 Å². The first kappa shape index (κ1) is 28.8. The average molecular weight is 531 g/mol. The zero-order valence-corrected chi connectivity index (χ0v) is 23.7. The Bertz CT molecular complexity index is 897. The number of ether oxygens (including phenoxy) is 4. The Kier molecular flexibility index (Phi) is 9.71. The predicted molar refractivity (Wildman–Crippen MR) is 145 cm³/mol. The van der Waals surface area contributed by atoms with Gasteiger partial charge in [-0.15, -0.1) is 0 Å². The standard InChI is InChI=1S/C30H46N2O6/c1-5-35-27(33)23-13-15-26(16-14-23)37-30(31-19-9-10-20-31,28(34)38-29(2,3)4)32-21-17-25(18-22-32)36-24-11-7-6-8-12-24/h6-8,11-12,23,25-26H,5,9-10,13-22H2,1-4H3/t23-,26-,30?. The molecule has 212 valence electrons. The SMILES string of the molecule is CCOC(=O)[C@H]1CC[C@H](OC(C(=O)OC(C)(C)C)(N2CCCC2)N2CCC(Oc3ccccc3)CC2)CC1. The summed E-state index contributed by atoms with van der Waals surface area (Å²) in [4.78, 5) is 30.8. The molecule has 3 aliphatic rings. The first-order chi connectivity index (χ1) is 18.2. The molecule has 2 aliphatic heterocycles. The molecule has 1 unspecified atom stereocenters. The van der Waals surface area contributed by atoms with Gasteiger partial charge in [0.2, 0.25) is 0 Å². The van der Waals surface area contributed by atoms with Crippen LogP contribution in [0, 0.1) is 5.92 Å². The van der Waals surface area contributed by atoms with Crippen molar-refractivity contribution in [2.24, 2.45) is 5.92 Å². The zero-order chi connectivity index (χ0) is 27.2. The third-order valence-electron chi connectivity index (χ3n) is 7.74. The molecule has 1 aliphatic carbocycles. The molecule has 2 heterocycles. The fourth-order valence-corrected chi connectivity index (χ4v) is 5.90. The minimum absolute atomic E-state index is 0.0866. The lowest BCUT2D eigenvalue weighted by atomic mass is 9.87. The number of esters is 2. The van der Waals surface area contributed by atoms with Crippen molar-refractivity contribution in [2.45, 2.75) is 103 Å². The van der Waals surface area contributed by atoms with Gasteiger partial charge in [-0.3, -0.25) is 14.6 Å². The van der Waals surface area contributed by atoms with Crippen LogP contribution in [0.2, 0.25) is 0 Å². The van der Waals surface area contributed by atoms with Crippen LogP contribution in [0.3, 0.4) is 0 Å². The lowest BCUT2D eigenvalue weighted by Gasteiger charge is -2.51. The van der Waals surface area contributed by atoms with Crippen LogP contribution in [0.5, 0.6) is 5.75 Å². The molecule has 8 heteroatoms. The number of hydrogen-bond donors (Lipinski definition) is 0. The van der Waals surface area contributed by atoms with E-state index in [2.05, 4.69) is 9.80 Å². The lowest BCUT2D eigenvalue weighted by molar-refractivity contribution is -0.281. The quantitative estimate of drug-likeness (QED) is 0.423. The van der Waals surface area contributed by atoms with E-state index < -0.39 is 11.4 Å². The number of carbonyl (C=O) groups is 2. The van der Waals surface area contributed by atoms with Gasteiger partial charge in [-0.25, -0.2) is 4.79 Å². The van der Waals surface area contributed by atoms with Gasteiger partial charge in [0.25, 0.3) is 5.85 Å². The first-order valence-electron chi connectivity index (χ1n) is 14.5.